The normalized spacial score (nSPS) is 16.6. The van der Waals surface area contributed by atoms with Gasteiger partial charge in [0.15, 0.2) is 0 Å². The Hall–Kier alpha value is -1.28. The summed E-state index contributed by atoms with van der Waals surface area (Å²) >= 11 is 0. The van der Waals surface area contributed by atoms with Crippen LogP contribution in [-0.2, 0) is 6.54 Å². The molecule has 1 aromatic carbocycles. The molecule has 2 heteroatoms. The molecule has 0 unspecified atom stereocenters. The van der Waals surface area contributed by atoms with Gasteiger partial charge in [0.2, 0.25) is 0 Å². The first-order valence-electron chi connectivity index (χ1n) is 4.57. The van der Waals surface area contributed by atoms with Gasteiger partial charge in [0.1, 0.15) is 0 Å². The van der Waals surface area contributed by atoms with E-state index < -0.39 is 0 Å². The van der Waals surface area contributed by atoms with E-state index in [-0.39, 0.29) is 0 Å². The lowest BCUT2D eigenvalue weighted by molar-refractivity contribution is 0.346. The van der Waals surface area contributed by atoms with Gasteiger partial charge in [-0.3, -0.25) is 4.90 Å². The molecule has 2 rings (SSSR count). The van der Waals surface area contributed by atoms with E-state index in [0.717, 1.165) is 25.3 Å². The van der Waals surface area contributed by atoms with Crippen LogP contribution >= 0.6 is 0 Å². The van der Waals surface area contributed by atoms with Crippen molar-refractivity contribution in [2.45, 2.75) is 6.54 Å². The number of para-hydroxylation sites is 1. The number of rotatable bonds is 2. The molecule has 0 amide bonds. The summed E-state index contributed by atoms with van der Waals surface area (Å²) in [4.78, 5) is 2.35. The summed E-state index contributed by atoms with van der Waals surface area (Å²) in [7, 11) is 0. The fourth-order valence-electron chi connectivity index (χ4n) is 1.57. The maximum absolute atomic E-state index is 5.85. The van der Waals surface area contributed by atoms with Gasteiger partial charge < -0.3 is 5.73 Å². The maximum atomic E-state index is 5.85. The van der Waals surface area contributed by atoms with E-state index in [1.165, 1.54) is 5.56 Å². The molecule has 0 fully saturated rings. The van der Waals surface area contributed by atoms with Crippen molar-refractivity contribution >= 4 is 5.69 Å². The second-order valence-corrected chi connectivity index (χ2v) is 3.36. The van der Waals surface area contributed by atoms with Crippen LogP contribution in [0.15, 0.2) is 36.4 Å². The average molecular weight is 174 g/mol. The van der Waals surface area contributed by atoms with Crippen LogP contribution in [0.5, 0.6) is 0 Å². The van der Waals surface area contributed by atoms with E-state index in [1.807, 2.05) is 18.2 Å². The molecule has 0 aliphatic carbocycles. The minimum atomic E-state index is 0.898. The molecule has 1 aliphatic heterocycles. The summed E-state index contributed by atoms with van der Waals surface area (Å²) in [5, 5.41) is 0. The van der Waals surface area contributed by atoms with Crippen molar-refractivity contribution in [3.63, 3.8) is 0 Å². The minimum absolute atomic E-state index is 0.898. The molecule has 0 saturated heterocycles. The van der Waals surface area contributed by atoms with Crippen LogP contribution < -0.4 is 5.73 Å². The number of anilines is 1. The number of hydrogen-bond acceptors (Lipinski definition) is 2. The molecule has 0 spiro atoms. The summed E-state index contributed by atoms with van der Waals surface area (Å²) in [6.07, 6.45) is 4.39. The van der Waals surface area contributed by atoms with Gasteiger partial charge in [-0.25, -0.2) is 0 Å². The van der Waals surface area contributed by atoms with Crippen molar-refractivity contribution in [3.05, 3.63) is 42.0 Å². The predicted octanol–water partition coefficient (Wildman–Crippen LogP) is 1.64. The highest BCUT2D eigenvalue weighted by Crippen LogP contribution is 2.14. The fourth-order valence-corrected chi connectivity index (χ4v) is 1.57. The zero-order valence-corrected chi connectivity index (χ0v) is 7.61. The van der Waals surface area contributed by atoms with Gasteiger partial charge in [0, 0.05) is 25.3 Å². The standard InChI is InChI=1S/C11H14N2/c12-11-6-2-1-5-10(11)9-13-7-3-4-8-13/h1-6H,7-9,12H2. The first-order chi connectivity index (χ1) is 6.36. The Morgan fingerprint density at radius 1 is 1.15 bits per heavy atom. The van der Waals surface area contributed by atoms with E-state index in [0.29, 0.717) is 0 Å². The molecular weight excluding hydrogens is 160 g/mol. The van der Waals surface area contributed by atoms with Crippen molar-refractivity contribution in [1.82, 2.24) is 4.90 Å². The lowest BCUT2D eigenvalue weighted by Gasteiger charge is -2.15. The highest BCUT2D eigenvalue weighted by molar-refractivity contribution is 5.46. The number of nitrogens with zero attached hydrogens (tertiary/aromatic N) is 1. The van der Waals surface area contributed by atoms with Crippen LogP contribution in [0.2, 0.25) is 0 Å². The third-order valence-electron chi connectivity index (χ3n) is 2.34. The molecular formula is C11H14N2. The third-order valence-corrected chi connectivity index (χ3v) is 2.34. The smallest absolute Gasteiger partial charge is 0.0359 e. The Bertz CT molecular complexity index is 310. The van der Waals surface area contributed by atoms with Crippen LogP contribution in [0.4, 0.5) is 5.69 Å². The van der Waals surface area contributed by atoms with Gasteiger partial charge in [-0.15, -0.1) is 0 Å². The van der Waals surface area contributed by atoms with Crippen molar-refractivity contribution in [3.8, 4) is 0 Å². The van der Waals surface area contributed by atoms with Crippen LogP contribution in [0.1, 0.15) is 5.56 Å². The molecule has 1 aliphatic rings. The summed E-state index contributed by atoms with van der Waals surface area (Å²) < 4.78 is 0. The van der Waals surface area contributed by atoms with Gasteiger partial charge in [-0.1, -0.05) is 30.4 Å². The second kappa shape index (κ2) is 3.62. The van der Waals surface area contributed by atoms with Crippen molar-refractivity contribution in [1.29, 1.82) is 0 Å². The molecule has 2 N–H and O–H groups in total. The SMILES string of the molecule is Nc1ccccc1CN1CC=CC1. The summed E-state index contributed by atoms with van der Waals surface area (Å²) in [5.41, 5.74) is 7.98. The number of hydrogen-bond donors (Lipinski definition) is 1. The number of nitrogen functional groups attached to an aromatic ring is 1. The zero-order chi connectivity index (χ0) is 9.10. The van der Waals surface area contributed by atoms with Crippen molar-refractivity contribution in [2.24, 2.45) is 0 Å². The summed E-state index contributed by atoms with van der Waals surface area (Å²) in [6, 6.07) is 8.06. The van der Waals surface area contributed by atoms with Gasteiger partial charge in [0.25, 0.3) is 0 Å². The molecule has 0 bridgehead atoms. The predicted molar refractivity (Wildman–Crippen MR) is 55.3 cm³/mol. The second-order valence-electron chi connectivity index (χ2n) is 3.36. The fraction of sp³-hybridized carbons (Fsp3) is 0.273. The Labute approximate surface area is 78.7 Å². The molecule has 0 aromatic heterocycles. The van der Waals surface area contributed by atoms with E-state index in [9.17, 15) is 0 Å². The quantitative estimate of drug-likeness (QED) is 0.545. The van der Waals surface area contributed by atoms with Gasteiger partial charge >= 0.3 is 0 Å². The van der Waals surface area contributed by atoms with Crippen LogP contribution in [-0.4, -0.2) is 18.0 Å². The highest BCUT2D eigenvalue weighted by atomic mass is 15.1. The van der Waals surface area contributed by atoms with E-state index in [4.69, 9.17) is 5.73 Å². The Balaban J connectivity index is 2.05. The monoisotopic (exact) mass is 174 g/mol. The van der Waals surface area contributed by atoms with Crippen LogP contribution in [0, 0.1) is 0 Å². The molecule has 0 saturated carbocycles. The average Bonchev–Trinajstić information content (AvgIpc) is 2.61. The zero-order valence-electron chi connectivity index (χ0n) is 7.61. The Morgan fingerprint density at radius 2 is 1.85 bits per heavy atom. The first-order valence-corrected chi connectivity index (χ1v) is 4.57. The first kappa shape index (κ1) is 8.32. The Kier molecular flexibility index (Phi) is 2.32. The molecule has 0 radical (unpaired) electrons. The number of benzene rings is 1. The van der Waals surface area contributed by atoms with Crippen LogP contribution in [0.25, 0.3) is 0 Å². The lowest BCUT2D eigenvalue weighted by atomic mass is 10.2. The Morgan fingerprint density at radius 3 is 2.54 bits per heavy atom. The molecule has 68 valence electrons. The third kappa shape index (κ3) is 1.90. The summed E-state index contributed by atoms with van der Waals surface area (Å²) in [6.45, 7) is 3.06. The van der Waals surface area contributed by atoms with Crippen LogP contribution in [0.3, 0.4) is 0 Å². The van der Waals surface area contributed by atoms with Crippen molar-refractivity contribution < 1.29 is 0 Å². The minimum Gasteiger partial charge on any atom is -0.398 e. The molecule has 1 heterocycles. The highest BCUT2D eigenvalue weighted by Gasteiger charge is 2.07. The van der Waals surface area contributed by atoms with Crippen molar-refractivity contribution in [2.75, 3.05) is 18.8 Å². The molecule has 1 aromatic rings. The lowest BCUT2D eigenvalue weighted by Crippen LogP contribution is -2.19. The van der Waals surface area contributed by atoms with Gasteiger partial charge in [-0.05, 0) is 11.6 Å². The molecule has 2 nitrogen and oxygen atoms in total. The maximum Gasteiger partial charge on any atom is 0.0359 e. The van der Waals surface area contributed by atoms with Gasteiger partial charge in [0.05, 0.1) is 0 Å². The molecule has 13 heavy (non-hydrogen) atoms. The topological polar surface area (TPSA) is 29.3 Å². The molecule has 0 atom stereocenters. The largest absolute Gasteiger partial charge is 0.398 e. The van der Waals surface area contributed by atoms with E-state index in [2.05, 4.69) is 23.1 Å². The van der Waals surface area contributed by atoms with Gasteiger partial charge in [-0.2, -0.15) is 0 Å². The van der Waals surface area contributed by atoms with E-state index >= 15 is 0 Å². The van der Waals surface area contributed by atoms with E-state index in [1.54, 1.807) is 0 Å². The summed E-state index contributed by atoms with van der Waals surface area (Å²) in [5.74, 6) is 0. The number of nitrogens with two attached hydrogens (primary N) is 1.